The lowest BCUT2D eigenvalue weighted by molar-refractivity contribution is -0.487. The lowest BCUT2D eigenvalue weighted by atomic mass is 9.83. The Morgan fingerprint density at radius 2 is 0.209 bits per heavy atom. The molecule has 0 fully saturated rings. The van der Waals surface area contributed by atoms with Crippen molar-refractivity contribution in [1.29, 1.82) is 0 Å². The van der Waals surface area contributed by atoms with Gasteiger partial charge >= 0.3 is 166 Å². The van der Waals surface area contributed by atoms with E-state index in [1.165, 1.54) is 0 Å². The van der Waals surface area contributed by atoms with Gasteiger partial charge in [-0.1, -0.05) is 0 Å². The van der Waals surface area contributed by atoms with Crippen molar-refractivity contribution in [3.8, 4) is 0 Å². The molecule has 548 valence electrons. The third-order valence-electron chi connectivity index (χ3n) is 11.4. The first-order valence-corrected chi connectivity index (χ1v) is 20.9. The van der Waals surface area contributed by atoms with E-state index < -0.39 is 202 Å². The molecule has 0 saturated heterocycles. The van der Waals surface area contributed by atoms with E-state index in [4.69, 9.17) is 0 Å². The molecular weight excluding hydrogens is 1520 g/mol. The molecule has 0 saturated carbocycles. The minimum absolute atomic E-state index is 1.83. The average Bonchev–Trinajstić information content (AvgIpc) is 0.692. The van der Waals surface area contributed by atoms with Crippen molar-refractivity contribution in [2.45, 2.75) is 179 Å². The number of halogens is 58. The molecule has 0 heterocycles. The highest BCUT2D eigenvalue weighted by Gasteiger charge is 3.03. The molecule has 0 spiro atoms. The first-order chi connectivity index (χ1) is 38.2. The third kappa shape index (κ3) is 10.6. The summed E-state index contributed by atoms with van der Waals surface area (Å²) < 4.78 is 795. The molecule has 0 aromatic carbocycles. The molecule has 59 heteroatoms. The Balaban J connectivity index is 7.25. The molecule has 0 nitrogen and oxygen atoms in total. The lowest BCUT2D eigenvalue weighted by Crippen LogP contribution is -2.79. The Morgan fingerprint density at radius 3 is 0.308 bits per heavy atom. The Morgan fingerprint density at radius 1 is 0.121 bits per heavy atom. The van der Waals surface area contributed by atoms with E-state index in [2.05, 4.69) is 0 Å². The fourth-order valence-electron chi connectivity index (χ4n) is 5.58. The maximum absolute atomic E-state index is 14.2. The van der Waals surface area contributed by atoms with Gasteiger partial charge in [0.2, 0.25) is 0 Å². The van der Waals surface area contributed by atoms with Gasteiger partial charge in [0.05, 0.1) is 0 Å². The van der Waals surface area contributed by atoms with Crippen molar-refractivity contribution in [3.63, 3.8) is 0 Å². The Hall–Kier alpha value is -3.71. The van der Waals surface area contributed by atoms with Crippen molar-refractivity contribution < 1.29 is 255 Å². The molecule has 0 N–H and O–H groups in total. The van der Waals surface area contributed by atoms with Crippen molar-refractivity contribution in [1.82, 2.24) is 0 Å². The molecule has 0 unspecified atom stereocenters. The maximum Gasteiger partial charge on any atom is 0.460 e. The number of rotatable bonds is 30. The van der Waals surface area contributed by atoms with Gasteiger partial charge in [0, 0.05) is 12.8 Å². The van der Waals surface area contributed by atoms with E-state index in [9.17, 15) is 255 Å². The Labute approximate surface area is 458 Å². The van der Waals surface area contributed by atoms with Crippen molar-refractivity contribution >= 4 is 11.8 Å². The summed E-state index contributed by atoms with van der Waals surface area (Å²) in [7, 11) is 0. The van der Waals surface area contributed by atoms with Gasteiger partial charge in [-0.15, -0.1) is 0 Å². The van der Waals surface area contributed by atoms with Crippen molar-refractivity contribution in [3.05, 3.63) is 0 Å². The van der Waals surface area contributed by atoms with E-state index in [-0.39, 0.29) is 0 Å². The summed E-state index contributed by atoms with van der Waals surface area (Å²) in [6.45, 7) is 0. The van der Waals surface area contributed by atoms with Crippen LogP contribution >= 0.6 is 11.8 Å². The van der Waals surface area contributed by atoms with Crippen LogP contribution in [0.4, 0.5) is 255 Å². The maximum atomic E-state index is 14.2. The number of alkyl halides is 58. The van der Waals surface area contributed by atoms with Crippen LogP contribution in [0.1, 0.15) is 12.8 Å². The van der Waals surface area contributed by atoms with Crippen LogP contribution in [0.5, 0.6) is 0 Å². The van der Waals surface area contributed by atoms with E-state index in [1.54, 1.807) is 0 Å². The lowest BCUT2D eigenvalue weighted by Gasteiger charge is -2.46. The second-order valence-corrected chi connectivity index (χ2v) is 18.5. The van der Waals surface area contributed by atoms with Crippen LogP contribution in [-0.4, -0.2) is 178 Å². The average molecular weight is 1530 g/mol. The van der Waals surface area contributed by atoms with E-state index in [0.29, 0.717) is 0 Å². The summed E-state index contributed by atoms with van der Waals surface area (Å²) in [5, 5.41) is 0. The molecule has 0 aromatic rings. The van der Waals surface area contributed by atoms with Crippen LogP contribution in [0.25, 0.3) is 0 Å². The summed E-state index contributed by atoms with van der Waals surface area (Å²) in [4.78, 5) is 0. The normalized spacial score (nSPS) is 17.3. The molecule has 0 bridgehead atoms. The second kappa shape index (κ2) is 21.9. The minimum atomic E-state index is -10.4. The molecule has 0 aromatic heterocycles. The zero-order valence-electron chi connectivity index (χ0n) is 39.2. The van der Waals surface area contributed by atoms with Gasteiger partial charge in [0.1, 0.15) is 0 Å². The van der Waals surface area contributed by atoms with E-state index in [1.807, 2.05) is 0 Å². The first-order valence-electron chi connectivity index (χ1n) is 19.7. The predicted octanol–water partition coefficient (Wildman–Crippen LogP) is 20.1. The quantitative estimate of drug-likeness (QED) is 0.0510. The van der Waals surface area contributed by atoms with Gasteiger partial charge in [0.15, 0.2) is 0 Å². The molecular formula is C32H8F58S. The van der Waals surface area contributed by atoms with Gasteiger partial charge in [0.25, 0.3) is 0 Å². The highest BCUT2D eigenvalue weighted by molar-refractivity contribution is 7.99. The summed E-state index contributed by atoms with van der Waals surface area (Å²) in [5.74, 6) is -261. The molecule has 0 aliphatic carbocycles. The summed E-state index contributed by atoms with van der Waals surface area (Å²) in [5.41, 5.74) is 0. The smallest absolute Gasteiger partial charge is 0.200 e. The van der Waals surface area contributed by atoms with Crippen molar-refractivity contribution in [2.24, 2.45) is 0 Å². The minimum Gasteiger partial charge on any atom is -0.200 e. The highest BCUT2D eigenvalue weighted by atomic mass is 32.2. The van der Waals surface area contributed by atoms with E-state index in [0.717, 1.165) is 0 Å². The number of hydrogen-bond donors (Lipinski definition) is 0. The van der Waals surface area contributed by atoms with Crippen LogP contribution in [0.3, 0.4) is 0 Å². The first kappa shape index (κ1) is 87.3. The monoisotopic (exact) mass is 1530 g/mol. The van der Waals surface area contributed by atoms with Crippen molar-refractivity contribution in [2.75, 3.05) is 11.5 Å². The number of thioether (sulfide) groups is 1. The van der Waals surface area contributed by atoms with E-state index >= 15 is 0 Å². The summed E-state index contributed by atoms with van der Waals surface area (Å²) in [6, 6.07) is 0. The largest absolute Gasteiger partial charge is 0.460 e. The van der Waals surface area contributed by atoms with Crippen LogP contribution in [-0.2, 0) is 0 Å². The van der Waals surface area contributed by atoms with Crippen LogP contribution in [0, 0.1) is 0 Å². The Kier molecular flexibility index (Phi) is 21.0. The SMILES string of the molecule is FC(F)(F)C(F)(F)C(F)(F)C(F)(F)C(F)(F)C(F)(F)C(F)(F)C(F)(F)C(F)(F)C(F)(F)C(F)(F)C(F)(F)C(F)(F)C(F)(F)CCSCCC(F)(F)C(F)(F)C(F)(F)C(F)(F)C(F)(F)C(F)(F)C(F)(F)C(F)(F)C(F)(F)C(F)(F)C(F)(F)C(F)(F)C(F)(F)C(F)(F)F. The molecule has 91 heavy (non-hydrogen) atoms. The Bertz CT molecular complexity index is 2370. The molecule has 0 rings (SSSR count). The van der Waals surface area contributed by atoms with Gasteiger partial charge in [-0.2, -0.15) is 266 Å². The van der Waals surface area contributed by atoms with Gasteiger partial charge in [-0.3, -0.25) is 0 Å². The molecule has 0 atom stereocenters. The number of hydrogen-bond acceptors (Lipinski definition) is 1. The van der Waals surface area contributed by atoms with Gasteiger partial charge in [-0.25, -0.2) is 0 Å². The zero-order valence-corrected chi connectivity index (χ0v) is 40.0. The standard InChI is InChI=1S/C32H8F58S/c33-5(34,7(37,38)9(41,42)11(45,46)13(49,50)15(53,54)17(57,58)19(61,62)21(65,66)23(69,70)25(73,74)27(77,78)29(81,82)31(85,86)87)1-3-91-4-2-6(35,36)8(39,40)10(43,44)12(47,48)14(51,52)16(55,56)18(59,60)20(63,64)22(67,68)24(71,72)26(75,76)28(79,80)30(83,84)32(88,89)90/h1-4H2. The summed E-state index contributed by atoms with van der Waals surface area (Å²) in [6.07, 6.45) is -25.3. The summed E-state index contributed by atoms with van der Waals surface area (Å²) >= 11 is -1.83. The molecule has 0 aliphatic heterocycles. The van der Waals surface area contributed by atoms with Gasteiger partial charge in [-0.05, 0) is 11.5 Å². The zero-order chi connectivity index (χ0) is 75.5. The van der Waals surface area contributed by atoms with Crippen LogP contribution < -0.4 is 0 Å². The molecule has 0 aliphatic rings. The fraction of sp³-hybridized carbons (Fsp3) is 1.00. The second-order valence-electron chi connectivity index (χ2n) is 17.3. The topological polar surface area (TPSA) is 0 Å². The third-order valence-corrected chi connectivity index (χ3v) is 12.4. The molecule has 0 amide bonds. The molecule has 0 radical (unpaired) electrons. The van der Waals surface area contributed by atoms with Gasteiger partial charge < -0.3 is 0 Å². The van der Waals surface area contributed by atoms with Crippen LogP contribution in [0.2, 0.25) is 0 Å². The van der Waals surface area contributed by atoms with Crippen LogP contribution in [0.15, 0.2) is 0 Å². The fourth-order valence-corrected chi connectivity index (χ4v) is 6.58. The predicted molar refractivity (Wildman–Crippen MR) is 167 cm³/mol. The highest BCUT2D eigenvalue weighted by Crippen LogP contribution is 2.72.